The van der Waals surface area contributed by atoms with Gasteiger partial charge in [-0.25, -0.2) is 4.79 Å². The zero-order valence-corrected chi connectivity index (χ0v) is 26.1. The summed E-state index contributed by atoms with van der Waals surface area (Å²) in [6.07, 6.45) is 8.91. The van der Waals surface area contributed by atoms with E-state index in [4.69, 9.17) is 14.2 Å². The lowest BCUT2D eigenvalue weighted by Crippen LogP contribution is -2.39. The second-order valence-electron chi connectivity index (χ2n) is 12.3. The number of epoxide rings is 1. The molecule has 0 aromatic carbocycles. The Bertz CT molecular complexity index is 940. The second-order valence-corrected chi connectivity index (χ2v) is 12.3. The summed E-state index contributed by atoms with van der Waals surface area (Å²) in [6, 6.07) is 0. The molecule has 234 valence electrons. The monoisotopic (exact) mass is 578 g/mol. The Kier molecular flexibility index (Phi) is 14.4. The van der Waals surface area contributed by atoms with E-state index in [-0.39, 0.29) is 29.8 Å². The number of rotatable bonds is 9. The maximum absolute atomic E-state index is 13.1. The first-order valence-corrected chi connectivity index (χ1v) is 15.1. The molecule has 0 aromatic rings. The molecule has 2 heterocycles. The number of esters is 1. The first-order chi connectivity index (χ1) is 19.3. The second kappa shape index (κ2) is 16.7. The summed E-state index contributed by atoms with van der Waals surface area (Å²) in [5.74, 6) is -1.14. The lowest BCUT2D eigenvalue weighted by atomic mass is 9.83. The topological polar surface area (TPSA) is 129 Å². The van der Waals surface area contributed by atoms with Gasteiger partial charge in [0.05, 0.1) is 30.5 Å². The summed E-state index contributed by atoms with van der Waals surface area (Å²) in [5.41, 5.74) is 1.28. The molecule has 0 aliphatic carbocycles. The van der Waals surface area contributed by atoms with Crippen LogP contribution in [-0.4, -0.2) is 82.3 Å². The van der Waals surface area contributed by atoms with Crippen LogP contribution in [0.5, 0.6) is 0 Å². The molecule has 8 heteroatoms. The standard InChI is InChI=1S/C33H54O8/c1-19-17-21(3)29(36)32-31(41-32)27(35)13-11-9-10-12-14-28(40-33(38)22(4)18-19)20(2)15-16-26(34)24(6)30(37)23(5)25(7)39-8/h9-12,17-18,20-21,23-32,34-37H,13-16H2,1-8H3/b11-9+,12-10+,19-17-,22-18+/t20?,21-,23-,24-,25+,26+,27?,28-,29+,30+,31?,32+/m1/s1. The van der Waals surface area contributed by atoms with Crippen LogP contribution >= 0.6 is 0 Å². The van der Waals surface area contributed by atoms with Crippen LogP contribution in [0.15, 0.2) is 47.6 Å². The molecule has 0 spiro atoms. The molecule has 41 heavy (non-hydrogen) atoms. The van der Waals surface area contributed by atoms with Crippen molar-refractivity contribution in [2.75, 3.05) is 7.11 Å². The van der Waals surface area contributed by atoms with Gasteiger partial charge in [0.1, 0.15) is 18.3 Å². The smallest absolute Gasteiger partial charge is 0.334 e. The SMILES string of the molecule is CO[C@@H](C)[C@@H](C)[C@H](O)[C@H](C)[C@@H](O)CCC(C)[C@H]1C/C=C/C=C/CC(O)C2O[C@H]2[C@@H](O)[C@H](C)/C=C(C)\C=C(/C)C(=O)O1. The lowest BCUT2D eigenvalue weighted by molar-refractivity contribution is -0.146. The average Bonchev–Trinajstić information content (AvgIpc) is 3.74. The maximum atomic E-state index is 13.1. The Hall–Kier alpha value is -1.81. The molecular formula is C33H54O8. The summed E-state index contributed by atoms with van der Waals surface area (Å²) >= 11 is 0. The van der Waals surface area contributed by atoms with Crippen molar-refractivity contribution >= 4 is 5.97 Å². The van der Waals surface area contributed by atoms with Gasteiger partial charge in [-0.2, -0.15) is 0 Å². The number of cyclic esters (lactones) is 1. The van der Waals surface area contributed by atoms with Crippen molar-refractivity contribution in [1.82, 2.24) is 0 Å². The molecule has 1 saturated heterocycles. The third kappa shape index (κ3) is 10.8. The van der Waals surface area contributed by atoms with Crippen LogP contribution in [-0.2, 0) is 19.0 Å². The molecule has 0 bridgehead atoms. The Morgan fingerprint density at radius 2 is 1.61 bits per heavy atom. The maximum Gasteiger partial charge on any atom is 0.334 e. The van der Waals surface area contributed by atoms with Crippen molar-refractivity contribution in [1.29, 1.82) is 0 Å². The number of methoxy groups -OCH3 is 1. The molecule has 2 aliphatic heterocycles. The molecule has 12 atom stereocenters. The van der Waals surface area contributed by atoms with E-state index in [9.17, 15) is 25.2 Å². The Balaban J connectivity index is 2.14. The lowest BCUT2D eigenvalue weighted by Gasteiger charge is -2.32. The van der Waals surface area contributed by atoms with Gasteiger partial charge in [-0.05, 0) is 52.0 Å². The summed E-state index contributed by atoms with van der Waals surface area (Å²) in [7, 11) is 1.61. The number of hydrogen-bond donors (Lipinski definition) is 4. The van der Waals surface area contributed by atoms with Crippen LogP contribution in [0.3, 0.4) is 0 Å². The number of carbonyl (C=O) groups excluding carboxylic acids is 1. The summed E-state index contributed by atoms with van der Waals surface area (Å²) in [5, 5.41) is 42.7. The molecule has 0 saturated carbocycles. The number of aliphatic hydroxyl groups excluding tert-OH is 4. The largest absolute Gasteiger partial charge is 0.458 e. The minimum Gasteiger partial charge on any atom is -0.458 e. The van der Waals surface area contributed by atoms with Crippen molar-refractivity contribution in [2.24, 2.45) is 23.7 Å². The number of fused-ring (bicyclic) bond motifs is 1. The van der Waals surface area contributed by atoms with E-state index < -0.39 is 48.7 Å². The normalized spacial score (nSPS) is 36.7. The number of allylic oxidation sites excluding steroid dienone is 4. The molecule has 0 radical (unpaired) electrons. The fourth-order valence-electron chi connectivity index (χ4n) is 5.41. The zero-order chi connectivity index (χ0) is 30.9. The molecule has 8 nitrogen and oxygen atoms in total. The van der Waals surface area contributed by atoms with Gasteiger partial charge in [-0.15, -0.1) is 0 Å². The van der Waals surface area contributed by atoms with Gasteiger partial charge in [0.15, 0.2) is 0 Å². The minimum atomic E-state index is -0.760. The van der Waals surface area contributed by atoms with E-state index in [1.807, 2.05) is 71.9 Å². The predicted octanol–water partition coefficient (Wildman–Crippen LogP) is 4.27. The highest BCUT2D eigenvalue weighted by Gasteiger charge is 2.49. The fourth-order valence-corrected chi connectivity index (χ4v) is 5.41. The van der Waals surface area contributed by atoms with E-state index in [1.54, 1.807) is 20.1 Å². The zero-order valence-electron chi connectivity index (χ0n) is 26.1. The van der Waals surface area contributed by atoms with Crippen molar-refractivity contribution < 1.29 is 39.4 Å². The van der Waals surface area contributed by atoms with E-state index in [0.717, 1.165) is 5.57 Å². The van der Waals surface area contributed by atoms with Crippen LogP contribution in [0, 0.1) is 23.7 Å². The Labute approximate surface area is 246 Å². The van der Waals surface area contributed by atoms with Gasteiger partial charge < -0.3 is 34.6 Å². The summed E-state index contributed by atoms with van der Waals surface area (Å²) in [6.45, 7) is 13.1. The average molecular weight is 579 g/mol. The summed E-state index contributed by atoms with van der Waals surface area (Å²) in [4.78, 5) is 13.1. The highest BCUT2D eigenvalue weighted by atomic mass is 16.6. The van der Waals surface area contributed by atoms with Crippen molar-refractivity contribution in [3.05, 3.63) is 47.6 Å². The van der Waals surface area contributed by atoms with Gasteiger partial charge in [0.25, 0.3) is 0 Å². The van der Waals surface area contributed by atoms with Crippen LogP contribution < -0.4 is 0 Å². The molecule has 3 unspecified atom stereocenters. The van der Waals surface area contributed by atoms with Crippen LogP contribution in [0.4, 0.5) is 0 Å². The highest BCUT2D eigenvalue weighted by molar-refractivity contribution is 5.88. The van der Waals surface area contributed by atoms with Gasteiger partial charge in [0.2, 0.25) is 0 Å². The minimum absolute atomic E-state index is 0.0436. The Morgan fingerprint density at radius 3 is 2.24 bits per heavy atom. The molecule has 2 aliphatic rings. The number of aliphatic hydroxyl groups is 4. The third-order valence-electron chi connectivity index (χ3n) is 8.84. The van der Waals surface area contributed by atoms with E-state index >= 15 is 0 Å². The van der Waals surface area contributed by atoms with Crippen molar-refractivity contribution in [3.63, 3.8) is 0 Å². The van der Waals surface area contributed by atoms with E-state index in [0.29, 0.717) is 31.3 Å². The van der Waals surface area contributed by atoms with Crippen LogP contribution in [0.2, 0.25) is 0 Å². The highest BCUT2D eigenvalue weighted by Crippen LogP contribution is 2.34. The predicted molar refractivity (Wildman–Crippen MR) is 160 cm³/mol. The fraction of sp³-hybridized carbons (Fsp3) is 0.727. The third-order valence-corrected chi connectivity index (χ3v) is 8.84. The first-order valence-electron chi connectivity index (χ1n) is 15.1. The molecule has 2 rings (SSSR count). The van der Waals surface area contributed by atoms with E-state index in [2.05, 4.69) is 0 Å². The van der Waals surface area contributed by atoms with Crippen molar-refractivity contribution in [2.45, 2.75) is 123 Å². The van der Waals surface area contributed by atoms with Gasteiger partial charge in [-0.3, -0.25) is 0 Å². The number of hydrogen-bond acceptors (Lipinski definition) is 8. The molecule has 0 aromatic heterocycles. The molecular weight excluding hydrogens is 524 g/mol. The van der Waals surface area contributed by atoms with Crippen molar-refractivity contribution in [3.8, 4) is 0 Å². The number of ether oxygens (including phenoxy) is 3. The summed E-state index contributed by atoms with van der Waals surface area (Å²) < 4.78 is 16.9. The van der Waals surface area contributed by atoms with Gasteiger partial charge >= 0.3 is 5.97 Å². The number of carbonyl (C=O) groups is 1. The molecule has 4 N–H and O–H groups in total. The van der Waals surface area contributed by atoms with Gasteiger partial charge in [-0.1, -0.05) is 63.6 Å². The molecule has 0 amide bonds. The molecule has 1 fully saturated rings. The van der Waals surface area contributed by atoms with E-state index in [1.165, 1.54) is 0 Å². The van der Waals surface area contributed by atoms with Crippen LogP contribution in [0.1, 0.15) is 74.1 Å². The quantitative estimate of drug-likeness (QED) is 0.236. The first kappa shape index (κ1) is 35.4. The Morgan fingerprint density at radius 1 is 0.976 bits per heavy atom. The van der Waals surface area contributed by atoms with Gasteiger partial charge in [0, 0.05) is 36.9 Å². The van der Waals surface area contributed by atoms with Crippen LogP contribution in [0.25, 0.3) is 0 Å².